The van der Waals surface area contributed by atoms with Crippen molar-refractivity contribution in [3.63, 3.8) is 0 Å². The Labute approximate surface area is 127 Å². The molecule has 1 aliphatic rings. The fourth-order valence-electron chi connectivity index (χ4n) is 2.58. The number of hydrogen-bond acceptors (Lipinski definition) is 4. The van der Waals surface area contributed by atoms with Gasteiger partial charge in [0.15, 0.2) is 0 Å². The summed E-state index contributed by atoms with van der Waals surface area (Å²) >= 11 is 3.49. The molecule has 1 fully saturated rings. The molecule has 1 aliphatic heterocycles. The average molecular weight is 342 g/mol. The van der Waals surface area contributed by atoms with Gasteiger partial charge in [0, 0.05) is 35.2 Å². The van der Waals surface area contributed by atoms with Crippen LogP contribution in [0, 0.1) is 17.0 Å². The van der Waals surface area contributed by atoms with E-state index in [1.165, 1.54) is 0 Å². The fourth-order valence-corrected chi connectivity index (χ4v) is 3.15. The zero-order chi connectivity index (χ0) is 14.7. The molecule has 1 aromatic carbocycles. The third kappa shape index (κ3) is 3.49. The molecule has 0 unspecified atom stereocenters. The molecule has 0 aliphatic carbocycles. The summed E-state index contributed by atoms with van der Waals surface area (Å²) in [5, 5.41) is 14.5. The first-order valence-corrected chi connectivity index (χ1v) is 7.74. The summed E-state index contributed by atoms with van der Waals surface area (Å²) < 4.78 is 0.888. The van der Waals surface area contributed by atoms with Gasteiger partial charge >= 0.3 is 0 Å². The van der Waals surface area contributed by atoms with Gasteiger partial charge in [0.25, 0.3) is 5.69 Å². The SMILES string of the molecule is CCN1CCC(Nc2cc([N+](=O)[O-])c(C)cc2Br)CC1. The molecule has 1 saturated heterocycles. The molecule has 0 atom stereocenters. The van der Waals surface area contributed by atoms with Crippen LogP contribution in [0.5, 0.6) is 0 Å². The number of hydrogen-bond donors (Lipinski definition) is 1. The number of halogens is 1. The molecule has 5 nitrogen and oxygen atoms in total. The van der Waals surface area contributed by atoms with Crippen molar-refractivity contribution < 1.29 is 4.92 Å². The topological polar surface area (TPSA) is 58.4 Å². The van der Waals surface area contributed by atoms with Crippen molar-refractivity contribution in [2.75, 3.05) is 25.0 Å². The second kappa shape index (κ2) is 6.54. The second-order valence-corrected chi connectivity index (χ2v) is 6.08. The van der Waals surface area contributed by atoms with E-state index in [4.69, 9.17) is 0 Å². The standard InChI is InChI=1S/C14H20BrN3O2/c1-3-17-6-4-11(5-7-17)16-13-9-14(18(19)20)10(2)8-12(13)15/h8-9,11,16H,3-7H2,1-2H3. The molecule has 1 heterocycles. The lowest BCUT2D eigenvalue weighted by Crippen LogP contribution is -2.38. The summed E-state index contributed by atoms with van der Waals surface area (Å²) in [6.45, 7) is 7.19. The number of benzene rings is 1. The van der Waals surface area contributed by atoms with Crippen molar-refractivity contribution in [1.82, 2.24) is 4.90 Å². The maximum absolute atomic E-state index is 11.0. The van der Waals surface area contributed by atoms with E-state index >= 15 is 0 Å². The normalized spacial score (nSPS) is 17.1. The number of nitro benzene ring substituents is 1. The van der Waals surface area contributed by atoms with Crippen LogP contribution in [0.15, 0.2) is 16.6 Å². The largest absolute Gasteiger partial charge is 0.381 e. The molecule has 0 radical (unpaired) electrons. The summed E-state index contributed by atoms with van der Waals surface area (Å²) in [4.78, 5) is 13.1. The monoisotopic (exact) mass is 341 g/mol. The van der Waals surface area contributed by atoms with Gasteiger partial charge in [0.05, 0.1) is 10.6 Å². The lowest BCUT2D eigenvalue weighted by Gasteiger charge is -2.32. The summed E-state index contributed by atoms with van der Waals surface area (Å²) in [6, 6.07) is 3.82. The Bertz CT molecular complexity index is 499. The number of piperidine rings is 1. The van der Waals surface area contributed by atoms with Crippen LogP contribution in [0.3, 0.4) is 0 Å². The van der Waals surface area contributed by atoms with Gasteiger partial charge in [0.2, 0.25) is 0 Å². The molecule has 1 aromatic rings. The Morgan fingerprint density at radius 3 is 2.65 bits per heavy atom. The van der Waals surface area contributed by atoms with Crippen LogP contribution < -0.4 is 5.32 Å². The minimum Gasteiger partial charge on any atom is -0.381 e. The Morgan fingerprint density at radius 1 is 1.45 bits per heavy atom. The van der Waals surface area contributed by atoms with Crippen LogP contribution in [0.4, 0.5) is 11.4 Å². The molecule has 0 amide bonds. The van der Waals surface area contributed by atoms with E-state index in [0.29, 0.717) is 11.6 Å². The van der Waals surface area contributed by atoms with Gasteiger partial charge in [0.1, 0.15) is 0 Å². The molecule has 20 heavy (non-hydrogen) atoms. The highest BCUT2D eigenvalue weighted by Gasteiger charge is 2.20. The Hall–Kier alpha value is -1.14. The first-order valence-electron chi connectivity index (χ1n) is 6.94. The third-order valence-electron chi connectivity index (χ3n) is 3.88. The Morgan fingerprint density at radius 2 is 2.10 bits per heavy atom. The first kappa shape index (κ1) is 15.3. The van der Waals surface area contributed by atoms with Gasteiger partial charge in [-0.15, -0.1) is 0 Å². The van der Waals surface area contributed by atoms with Crippen LogP contribution in [0.1, 0.15) is 25.3 Å². The predicted molar refractivity (Wildman–Crippen MR) is 84.3 cm³/mol. The zero-order valence-corrected chi connectivity index (χ0v) is 13.4. The van der Waals surface area contributed by atoms with Gasteiger partial charge in [-0.3, -0.25) is 10.1 Å². The van der Waals surface area contributed by atoms with Gasteiger partial charge in [-0.05, 0) is 48.3 Å². The molecule has 0 saturated carbocycles. The van der Waals surface area contributed by atoms with E-state index in [1.807, 2.05) is 6.07 Å². The maximum atomic E-state index is 11.0. The van der Waals surface area contributed by atoms with Crippen molar-refractivity contribution in [3.05, 3.63) is 32.3 Å². The predicted octanol–water partition coefficient (Wildman–Crippen LogP) is 3.56. The number of nitrogens with one attached hydrogen (secondary N) is 1. The van der Waals surface area contributed by atoms with Gasteiger partial charge in [-0.1, -0.05) is 6.92 Å². The van der Waals surface area contributed by atoms with Crippen molar-refractivity contribution in [2.24, 2.45) is 0 Å². The highest BCUT2D eigenvalue weighted by atomic mass is 79.9. The third-order valence-corrected chi connectivity index (χ3v) is 4.53. The maximum Gasteiger partial charge on any atom is 0.274 e. The Balaban J connectivity index is 2.10. The molecular weight excluding hydrogens is 322 g/mol. The quantitative estimate of drug-likeness (QED) is 0.671. The molecule has 0 bridgehead atoms. The van der Waals surface area contributed by atoms with Crippen LogP contribution in [0.25, 0.3) is 0 Å². The molecule has 0 spiro atoms. The summed E-state index contributed by atoms with van der Waals surface area (Å²) in [7, 11) is 0. The van der Waals surface area contributed by atoms with Crippen molar-refractivity contribution in [3.8, 4) is 0 Å². The Kier molecular flexibility index (Phi) is 4.99. The van der Waals surface area contributed by atoms with E-state index < -0.39 is 0 Å². The fraction of sp³-hybridized carbons (Fsp3) is 0.571. The lowest BCUT2D eigenvalue weighted by molar-refractivity contribution is -0.385. The molecule has 2 rings (SSSR count). The van der Waals surface area contributed by atoms with Gasteiger partial charge < -0.3 is 10.2 Å². The summed E-state index contributed by atoms with van der Waals surface area (Å²) in [6.07, 6.45) is 2.14. The van der Waals surface area contributed by atoms with E-state index in [9.17, 15) is 10.1 Å². The van der Waals surface area contributed by atoms with E-state index in [1.54, 1.807) is 13.0 Å². The van der Waals surface area contributed by atoms with Crippen molar-refractivity contribution in [1.29, 1.82) is 0 Å². The first-order chi connectivity index (χ1) is 9.51. The van der Waals surface area contributed by atoms with Crippen LogP contribution in [-0.2, 0) is 0 Å². The summed E-state index contributed by atoms with van der Waals surface area (Å²) in [5.41, 5.74) is 1.66. The molecule has 110 valence electrons. The van der Waals surface area contributed by atoms with E-state index in [0.717, 1.165) is 42.6 Å². The molecular formula is C14H20BrN3O2. The van der Waals surface area contributed by atoms with E-state index in [2.05, 4.69) is 33.1 Å². The number of aryl methyl sites for hydroxylation is 1. The number of rotatable bonds is 4. The second-order valence-electron chi connectivity index (χ2n) is 5.23. The minimum atomic E-state index is -0.327. The van der Waals surface area contributed by atoms with Crippen molar-refractivity contribution in [2.45, 2.75) is 32.7 Å². The van der Waals surface area contributed by atoms with Crippen molar-refractivity contribution >= 4 is 27.3 Å². The molecule has 1 N–H and O–H groups in total. The smallest absolute Gasteiger partial charge is 0.274 e. The number of likely N-dealkylation sites (tertiary alicyclic amines) is 1. The number of nitro groups is 1. The number of nitrogens with zero attached hydrogens (tertiary/aromatic N) is 2. The van der Waals surface area contributed by atoms with Crippen LogP contribution in [-0.4, -0.2) is 35.5 Å². The summed E-state index contributed by atoms with van der Waals surface area (Å²) in [5.74, 6) is 0. The molecule has 0 aromatic heterocycles. The van der Waals surface area contributed by atoms with Crippen LogP contribution >= 0.6 is 15.9 Å². The van der Waals surface area contributed by atoms with Gasteiger partial charge in [-0.25, -0.2) is 0 Å². The highest BCUT2D eigenvalue weighted by Crippen LogP contribution is 2.32. The highest BCUT2D eigenvalue weighted by molar-refractivity contribution is 9.10. The van der Waals surface area contributed by atoms with Crippen LogP contribution in [0.2, 0.25) is 0 Å². The lowest BCUT2D eigenvalue weighted by atomic mass is 10.0. The van der Waals surface area contributed by atoms with E-state index in [-0.39, 0.29) is 10.6 Å². The minimum absolute atomic E-state index is 0.168. The zero-order valence-electron chi connectivity index (χ0n) is 11.9. The van der Waals surface area contributed by atoms with Gasteiger partial charge in [-0.2, -0.15) is 0 Å². The number of anilines is 1. The molecule has 6 heteroatoms. The average Bonchev–Trinajstić information content (AvgIpc) is 2.42.